The third-order valence-electron chi connectivity index (χ3n) is 2.41. The molecular formula is C11H14N2OS. The Morgan fingerprint density at radius 2 is 2.00 bits per heavy atom. The zero-order chi connectivity index (χ0) is 10.8. The van der Waals surface area contributed by atoms with Gasteiger partial charge >= 0.3 is 5.69 Å². The van der Waals surface area contributed by atoms with Crippen LogP contribution in [0, 0.1) is 0 Å². The molecule has 2 rings (SSSR count). The van der Waals surface area contributed by atoms with Crippen molar-refractivity contribution in [1.82, 2.24) is 9.13 Å². The van der Waals surface area contributed by atoms with Crippen LogP contribution in [0.15, 0.2) is 29.3 Å². The molecule has 0 aromatic carbocycles. The highest BCUT2D eigenvalue weighted by Gasteiger charge is 2.03. The Balaban J connectivity index is 2.22. The summed E-state index contributed by atoms with van der Waals surface area (Å²) >= 11 is 1.78. The van der Waals surface area contributed by atoms with E-state index in [-0.39, 0.29) is 5.69 Å². The standard InChI is InChI=1S/C11H14N2OS/c1-3-9-4-5-10(15-9)8-13-7-6-12(2)11(13)14/h4-7H,3,8H2,1-2H3. The molecule has 0 amide bonds. The van der Waals surface area contributed by atoms with E-state index in [4.69, 9.17) is 0 Å². The van der Waals surface area contributed by atoms with Gasteiger partial charge in [0.15, 0.2) is 0 Å². The van der Waals surface area contributed by atoms with Gasteiger partial charge in [0, 0.05) is 29.2 Å². The first-order chi connectivity index (χ1) is 7.20. The van der Waals surface area contributed by atoms with Crippen molar-refractivity contribution in [2.75, 3.05) is 0 Å². The Hall–Kier alpha value is -1.29. The normalized spacial score (nSPS) is 10.8. The van der Waals surface area contributed by atoms with Crippen LogP contribution in [0.3, 0.4) is 0 Å². The average Bonchev–Trinajstić information content (AvgIpc) is 2.80. The third-order valence-corrected chi connectivity index (χ3v) is 3.62. The van der Waals surface area contributed by atoms with Crippen LogP contribution in [-0.2, 0) is 20.0 Å². The monoisotopic (exact) mass is 222 g/mol. The second-order valence-electron chi connectivity index (χ2n) is 3.54. The van der Waals surface area contributed by atoms with E-state index in [0.717, 1.165) is 6.42 Å². The first-order valence-corrected chi connectivity index (χ1v) is 5.81. The fraction of sp³-hybridized carbons (Fsp3) is 0.364. The molecule has 0 saturated heterocycles. The van der Waals surface area contributed by atoms with Crippen LogP contribution in [0.1, 0.15) is 16.7 Å². The zero-order valence-electron chi connectivity index (χ0n) is 8.93. The lowest BCUT2D eigenvalue weighted by atomic mass is 10.3. The Bertz CT molecular complexity index is 507. The molecule has 0 N–H and O–H groups in total. The highest BCUT2D eigenvalue weighted by molar-refractivity contribution is 7.11. The van der Waals surface area contributed by atoms with E-state index in [1.807, 2.05) is 6.20 Å². The summed E-state index contributed by atoms with van der Waals surface area (Å²) in [7, 11) is 1.77. The van der Waals surface area contributed by atoms with Crippen molar-refractivity contribution in [3.8, 4) is 0 Å². The smallest absolute Gasteiger partial charge is 0.302 e. The van der Waals surface area contributed by atoms with Gasteiger partial charge in [-0.1, -0.05) is 6.92 Å². The maximum Gasteiger partial charge on any atom is 0.328 e. The van der Waals surface area contributed by atoms with Crippen molar-refractivity contribution in [3.05, 3.63) is 44.8 Å². The molecule has 15 heavy (non-hydrogen) atoms. The van der Waals surface area contributed by atoms with Crippen molar-refractivity contribution < 1.29 is 0 Å². The van der Waals surface area contributed by atoms with E-state index < -0.39 is 0 Å². The van der Waals surface area contributed by atoms with Crippen LogP contribution < -0.4 is 5.69 Å². The first kappa shape index (κ1) is 10.2. The molecule has 0 fully saturated rings. The van der Waals surface area contributed by atoms with Gasteiger partial charge in [0.1, 0.15) is 0 Å². The molecule has 0 bridgehead atoms. The number of aromatic nitrogens is 2. The predicted octanol–water partition coefficient (Wildman–Crippen LogP) is 1.86. The average molecular weight is 222 g/mol. The van der Waals surface area contributed by atoms with E-state index in [2.05, 4.69) is 19.1 Å². The summed E-state index contributed by atoms with van der Waals surface area (Å²) in [5.41, 5.74) is 0.0430. The molecule has 2 aromatic rings. The number of hydrogen-bond donors (Lipinski definition) is 0. The topological polar surface area (TPSA) is 26.9 Å². The fourth-order valence-corrected chi connectivity index (χ4v) is 2.45. The van der Waals surface area contributed by atoms with Crippen molar-refractivity contribution in [3.63, 3.8) is 0 Å². The van der Waals surface area contributed by atoms with E-state index in [1.54, 1.807) is 33.7 Å². The summed E-state index contributed by atoms with van der Waals surface area (Å²) in [5.74, 6) is 0. The van der Waals surface area contributed by atoms with Crippen LogP contribution in [0.5, 0.6) is 0 Å². The Morgan fingerprint density at radius 3 is 2.53 bits per heavy atom. The minimum absolute atomic E-state index is 0.0430. The second-order valence-corrected chi connectivity index (χ2v) is 4.79. The summed E-state index contributed by atoms with van der Waals surface area (Å²) in [4.78, 5) is 14.2. The van der Waals surface area contributed by atoms with Crippen molar-refractivity contribution >= 4 is 11.3 Å². The summed E-state index contributed by atoms with van der Waals surface area (Å²) in [6.45, 7) is 2.83. The van der Waals surface area contributed by atoms with E-state index in [9.17, 15) is 4.79 Å². The van der Waals surface area contributed by atoms with Gasteiger partial charge in [-0.15, -0.1) is 11.3 Å². The molecule has 4 heteroatoms. The number of rotatable bonds is 3. The summed E-state index contributed by atoms with van der Waals surface area (Å²) in [6, 6.07) is 4.23. The van der Waals surface area contributed by atoms with Crippen LogP contribution in [-0.4, -0.2) is 9.13 Å². The molecule has 0 saturated carbocycles. The number of thiophene rings is 1. The van der Waals surface area contributed by atoms with Crippen LogP contribution in [0.25, 0.3) is 0 Å². The van der Waals surface area contributed by atoms with Gasteiger partial charge in [0.05, 0.1) is 6.54 Å². The van der Waals surface area contributed by atoms with Crippen LogP contribution >= 0.6 is 11.3 Å². The lowest BCUT2D eigenvalue weighted by Gasteiger charge is -1.97. The van der Waals surface area contributed by atoms with Crippen molar-refractivity contribution in [2.45, 2.75) is 19.9 Å². The van der Waals surface area contributed by atoms with Gasteiger partial charge in [-0.25, -0.2) is 4.79 Å². The van der Waals surface area contributed by atoms with Crippen LogP contribution in [0.2, 0.25) is 0 Å². The van der Waals surface area contributed by atoms with Gasteiger partial charge in [-0.05, 0) is 18.6 Å². The number of imidazole rings is 1. The Morgan fingerprint density at radius 1 is 1.27 bits per heavy atom. The summed E-state index contributed by atoms with van der Waals surface area (Å²) in [5, 5.41) is 0. The fourth-order valence-electron chi connectivity index (χ4n) is 1.50. The predicted molar refractivity (Wildman–Crippen MR) is 62.5 cm³/mol. The highest BCUT2D eigenvalue weighted by Crippen LogP contribution is 2.17. The largest absolute Gasteiger partial charge is 0.328 e. The maximum absolute atomic E-state index is 11.6. The molecule has 0 aliphatic carbocycles. The highest BCUT2D eigenvalue weighted by atomic mass is 32.1. The zero-order valence-corrected chi connectivity index (χ0v) is 9.75. The molecule has 0 aliphatic heterocycles. The first-order valence-electron chi connectivity index (χ1n) is 5.00. The molecule has 0 spiro atoms. The summed E-state index contributed by atoms with van der Waals surface area (Å²) in [6.07, 6.45) is 4.68. The lowest BCUT2D eigenvalue weighted by molar-refractivity contribution is 0.724. The summed E-state index contributed by atoms with van der Waals surface area (Å²) < 4.78 is 3.32. The van der Waals surface area contributed by atoms with Crippen molar-refractivity contribution in [1.29, 1.82) is 0 Å². The molecule has 0 unspecified atom stereocenters. The van der Waals surface area contributed by atoms with E-state index in [0.29, 0.717) is 6.54 Å². The third kappa shape index (κ3) is 2.04. The SMILES string of the molecule is CCc1ccc(Cn2ccn(C)c2=O)s1. The Labute approximate surface area is 92.6 Å². The minimum Gasteiger partial charge on any atom is -0.302 e. The van der Waals surface area contributed by atoms with Gasteiger partial charge in [0.25, 0.3) is 0 Å². The second kappa shape index (κ2) is 4.06. The van der Waals surface area contributed by atoms with Crippen LogP contribution in [0.4, 0.5) is 0 Å². The number of hydrogen-bond acceptors (Lipinski definition) is 2. The quantitative estimate of drug-likeness (QED) is 0.778. The van der Waals surface area contributed by atoms with Gasteiger partial charge in [-0.3, -0.25) is 4.57 Å². The van der Waals surface area contributed by atoms with Gasteiger partial charge in [-0.2, -0.15) is 0 Å². The molecule has 80 valence electrons. The van der Waals surface area contributed by atoms with Gasteiger partial charge in [0.2, 0.25) is 0 Å². The lowest BCUT2D eigenvalue weighted by Crippen LogP contribution is -2.21. The molecule has 0 aliphatic rings. The van der Waals surface area contributed by atoms with Crippen molar-refractivity contribution in [2.24, 2.45) is 7.05 Å². The van der Waals surface area contributed by atoms with E-state index >= 15 is 0 Å². The Kier molecular flexibility index (Phi) is 2.77. The number of aryl methyl sites for hydroxylation is 2. The molecule has 0 atom stereocenters. The van der Waals surface area contributed by atoms with E-state index in [1.165, 1.54) is 9.75 Å². The molecule has 0 radical (unpaired) electrons. The maximum atomic E-state index is 11.6. The molecule has 3 nitrogen and oxygen atoms in total. The van der Waals surface area contributed by atoms with Gasteiger partial charge < -0.3 is 4.57 Å². The molecule has 2 heterocycles. The number of nitrogens with zero attached hydrogens (tertiary/aromatic N) is 2. The minimum atomic E-state index is 0.0430. The molecular weight excluding hydrogens is 208 g/mol. The molecule has 2 aromatic heterocycles.